The number of nitrogens with two attached hydrogens (primary N) is 1. The summed E-state index contributed by atoms with van der Waals surface area (Å²) in [5.74, 6) is -2.48. The largest absolute Gasteiger partial charge is 0.480 e. The van der Waals surface area contributed by atoms with Crippen LogP contribution in [0.2, 0.25) is 0 Å². The van der Waals surface area contributed by atoms with Gasteiger partial charge in [-0.25, -0.2) is 4.79 Å². The van der Waals surface area contributed by atoms with Crippen molar-refractivity contribution in [3.05, 3.63) is 11.3 Å². The van der Waals surface area contributed by atoms with Crippen LogP contribution in [0.3, 0.4) is 0 Å². The number of ether oxygens (including phenoxy) is 1. The first-order valence-electron chi connectivity index (χ1n) is 8.45. The second kappa shape index (κ2) is 9.09. The van der Waals surface area contributed by atoms with Crippen molar-refractivity contribution in [1.82, 2.24) is 10.2 Å². The lowest BCUT2D eigenvalue weighted by molar-refractivity contribution is -0.141. The maximum Gasteiger partial charge on any atom is 0.352 e. The van der Waals surface area contributed by atoms with E-state index in [0.717, 1.165) is 0 Å². The smallest absolute Gasteiger partial charge is 0.352 e. The van der Waals surface area contributed by atoms with E-state index in [1.807, 2.05) is 0 Å². The van der Waals surface area contributed by atoms with Crippen molar-refractivity contribution in [2.75, 3.05) is 18.9 Å². The fourth-order valence-electron chi connectivity index (χ4n) is 2.94. The van der Waals surface area contributed by atoms with Crippen LogP contribution in [-0.4, -0.2) is 75.3 Å². The number of carboxylic acid groups (broad SMARTS) is 2. The highest BCUT2D eigenvalue weighted by Gasteiger charge is 2.46. The van der Waals surface area contributed by atoms with Crippen molar-refractivity contribution < 1.29 is 34.1 Å². The molecule has 0 aromatic rings. The van der Waals surface area contributed by atoms with Gasteiger partial charge in [-0.05, 0) is 12.8 Å². The predicted octanol–water partition coefficient (Wildman–Crippen LogP) is -0.656. The van der Waals surface area contributed by atoms with Gasteiger partial charge in [0.1, 0.15) is 18.3 Å². The van der Waals surface area contributed by atoms with Crippen molar-refractivity contribution in [2.24, 2.45) is 5.73 Å². The molecule has 1 fully saturated rings. The molecule has 3 unspecified atom stereocenters. The fraction of sp³-hybridized carbons (Fsp3) is 0.625. The topological polar surface area (TPSA) is 159 Å². The van der Waals surface area contributed by atoms with Crippen LogP contribution in [0.25, 0.3) is 0 Å². The van der Waals surface area contributed by atoms with Gasteiger partial charge < -0.3 is 30.9 Å². The first-order chi connectivity index (χ1) is 12.7. The number of esters is 1. The Morgan fingerprint density at radius 2 is 2.07 bits per heavy atom. The number of nitrogens with zero attached hydrogens (tertiary/aromatic N) is 1. The first-order valence-corrected chi connectivity index (χ1v) is 9.50. The van der Waals surface area contributed by atoms with Crippen LogP contribution in [0.4, 0.5) is 0 Å². The molecule has 150 valence electrons. The molecule has 0 saturated carbocycles. The van der Waals surface area contributed by atoms with Crippen LogP contribution >= 0.6 is 11.8 Å². The minimum absolute atomic E-state index is 0.0615. The number of amides is 1. The van der Waals surface area contributed by atoms with E-state index in [9.17, 15) is 24.3 Å². The molecule has 0 bridgehead atoms. The number of fused-ring (bicyclic) bond motifs is 1. The fourth-order valence-corrected chi connectivity index (χ4v) is 4.29. The lowest BCUT2D eigenvalue weighted by atomic mass is 10.0. The van der Waals surface area contributed by atoms with E-state index in [1.165, 1.54) is 18.7 Å². The van der Waals surface area contributed by atoms with Crippen molar-refractivity contribution in [3.63, 3.8) is 0 Å². The third kappa shape index (κ3) is 5.36. The molecule has 0 aromatic carbocycles. The molecule has 2 heterocycles. The highest BCUT2D eigenvalue weighted by Crippen LogP contribution is 2.39. The molecule has 1 amide bonds. The molecule has 0 spiro atoms. The monoisotopic (exact) mass is 401 g/mol. The Bertz CT molecular complexity index is 666. The summed E-state index contributed by atoms with van der Waals surface area (Å²) in [4.78, 5) is 46.9. The molecule has 0 aliphatic carbocycles. The van der Waals surface area contributed by atoms with E-state index < -0.39 is 23.9 Å². The molecule has 1 saturated heterocycles. The van der Waals surface area contributed by atoms with Crippen LogP contribution in [-0.2, 0) is 23.9 Å². The van der Waals surface area contributed by atoms with Crippen molar-refractivity contribution in [2.45, 2.75) is 43.6 Å². The Hall–Kier alpha value is -2.27. The predicted molar refractivity (Wildman–Crippen MR) is 95.6 cm³/mol. The maximum absolute atomic E-state index is 12.0. The van der Waals surface area contributed by atoms with E-state index in [1.54, 1.807) is 4.90 Å². The summed E-state index contributed by atoms with van der Waals surface area (Å²) in [5, 5.41) is 20.9. The zero-order valence-electron chi connectivity index (χ0n) is 14.8. The quantitative estimate of drug-likeness (QED) is 0.365. The SMILES string of the molecule is CC(=O)OCC1=C(C(=O)O)N2CC(NC(=O)CCCC(N)C(=O)O)C2SC1. The van der Waals surface area contributed by atoms with Gasteiger partial charge in [-0.2, -0.15) is 0 Å². The van der Waals surface area contributed by atoms with Crippen molar-refractivity contribution in [3.8, 4) is 0 Å². The second-order valence-corrected chi connectivity index (χ2v) is 7.51. The average molecular weight is 401 g/mol. The van der Waals surface area contributed by atoms with Gasteiger partial charge in [0, 0.05) is 31.2 Å². The number of nitrogens with one attached hydrogen (secondary N) is 1. The number of carboxylic acids is 2. The molecular formula is C16H23N3O7S. The Morgan fingerprint density at radius 3 is 2.67 bits per heavy atom. The first kappa shape index (κ1) is 21.0. The Kier molecular flexibility index (Phi) is 7.08. The van der Waals surface area contributed by atoms with E-state index in [-0.39, 0.29) is 42.5 Å². The summed E-state index contributed by atoms with van der Waals surface area (Å²) in [5.41, 5.74) is 6.05. The standard InChI is InChI=1S/C16H23N3O7S/c1-8(20)26-6-9-7-27-14-11(5-19(14)13(9)16(24)25)18-12(21)4-2-3-10(17)15(22)23/h10-11,14H,2-7,17H2,1H3,(H,18,21)(H,22,23)(H,24,25). The molecule has 10 nitrogen and oxygen atoms in total. The Balaban J connectivity index is 1.86. The van der Waals surface area contributed by atoms with Crippen LogP contribution in [0, 0.1) is 0 Å². The van der Waals surface area contributed by atoms with Crippen LogP contribution in [0.1, 0.15) is 26.2 Å². The Labute approximate surface area is 160 Å². The normalized spacial score (nSPS) is 22.4. The van der Waals surface area contributed by atoms with Gasteiger partial charge in [0.15, 0.2) is 0 Å². The van der Waals surface area contributed by atoms with Crippen LogP contribution < -0.4 is 11.1 Å². The number of carbonyl (C=O) groups excluding carboxylic acids is 2. The lowest BCUT2D eigenvalue weighted by Crippen LogP contribution is -2.66. The summed E-state index contributed by atoms with van der Waals surface area (Å²) < 4.78 is 4.92. The minimum Gasteiger partial charge on any atom is -0.480 e. The molecule has 0 radical (unpaired) electrons. The Morgan fingerprint density at radius 1 is 1.37 bits per heavy atom. The van der Waals surface area contributed by atoms with Crippen LogP contribution in [0.5, 0.6) is 0 Å². The van der Waals surface area contributed by atoms with E-state index in [2.05, 4.69) is 5.32 Å². The molecule has 5 N–H and O–H groups in total. The van der Waals surface area contributed by atoms with Crippen molar-refractivity contribution >= 4 is 35.6 Å². The molecule has 2 aliphatic heterocycles. The zero-order chi connectivity index (χ0) is 20.1. The van der Waals surface area contributed by atoms with Crippen LogP contribution in [0.15, 0.2) is 11.3 Å². The highest BCUT2D eigenvalue weighted by atomic mass is 32.2. The third-order valence-corrected chi connectivity index (χ3v) is 5.77. The van der Waals surface area contributed by atoms with E-state index in [4.69, 9.17) is 15.6 Å². The molecule has 3 atom stereocenters. The highest BCUT2D eigenvalue weighted by molar-refractivity contribution is 8.00. The molecule has 11 heteroatoms. The lowest BCUT2D eigenvalue weighted by Gasteiger charge is -2.52. The molecule has 0 aromatic heterocycles. The van der Waals surface area contributed by atoms with E-state index in [0.29, 0.717) is 24.3 Å². The summed E-state index contributed by atoms with van der Waals surface area (Å²) in [7, 11) is 0. The van der Waals surface area contributed by atoms with Gasteiger partial charge >= 0.3 is 17.9 Å². The summed E-state index contributed by atoms with van der Waals surface area (Å²) in [6.45, 7) is 1.55. The average Bonchev–Trinajstić information content (AvgIpc) is 2.56. The molecule has 2 aliphatic rings. The van der Waals surface area contributed by atoms with Gasteiger partial charge in [-0.15, -0.1) is 11.8 Å². The zero-order valence-corrected chi connectivity index (χ0v) is 15.7. The number of aliphatic carboxylic acids is 2. The summed E-state index contributed by atoms with van der Waals surface area (Å²) >= 11 is 1.48. The van der Waals surface area contributed by atoms with Gasteiger partial charge in [0.25, 0.3) is 0 Å². The minimum atomic E-state index is -1.10. The number of carbonyl (C=O) groups is 4. The van der Waals surface area contributed by atoms with Gasteiger partial charge in [0.05, 0.1) is 11.4 Å². The summed E-state index contributed by atoms with van der Waals surface area (Å²) in [6.07, 6.45) is 0.734. The number of rotatable bonds is 9. The second-order valence-electron chi connectivity index (χ2n) is 6.40. The van der Waals surface area contributed by atoms with Gasteiger partial charge in [-0.3, -0.25) is 14.4 Å². The molecule has 27 heavy (non-hydrogen) atoms. The number of hydrogen-bond donors (Lipinski definition) is 4. The van der Waals surface area contributed by atoms with Crippen molar-refractivity contribution in [1.29, 1.82) is 0 Å². The molecule has 2 rings (SSSR count). The third-order valence-electron chi connectivity index (χ3n) is 4.33. The van der Waals surface area contributed by atoms with Gasteiger partial charge in [0.2, 0.25) is 5.91 Å². The summed E-state index contributed by atoms with van der Waals surface area (Å²) in [6, 6.07) is -1.18. The van der Waals surface area contributed by atoms with E-state index >= 15 is 0 Å². The maximum atomic E-state index is 12.0. The number of hydrogen-bond acceptors (Lipinski definition) is 8. The molecular weight excluding hydrogens is 378 g/mol. The van der Waals surface area contributed by atoms with Gasteiger partial charge in [-0.1, -0.05) is 0 Å². The number of thioether (sulfide) groups is 1.